The Labute approximate surface area is 119 Å². The summed E-state index contributed by atoms with van der Waals surface area (Å²) in [6.07, 6.45) is -0.175. The van der Waals surface area contributed by atoms with Crippen LogP contribution >= 0.6 is 0 Å². The van der Waals surface area contributed by atoms with Gasteiger partial charge in [-0.25, -0.2) is 0 Å². The van der Waals surface area contributed by atoms with Gasteiger partial charge in [0.1, 0.15) is 11.9 Å². The Balaban J connectivity index is 2.42. The zero-order valence-electron chi connectivity index (χ0n) is 12.1. The van der Waals surface area contributed by atoms with Gasteiger partial charge in [-0.05, 0) is 37.1 Å². The summed E-state index contributed by atoms with van der Waals surface area (Å²) in [5.74, 6) is 0.596. The van der Waals surface area contributed by atoms with E-state index in [4.69, 9.17) is 15.7 Å². The minimum Gasteiger partial charge on any atom is -0.489 e. The van der Waals surface area contributed by atoms with Gasteiger partial charge in [0.25, 0.3) is 0 Å². The Morgan fingerprint density at radius 1 is 1.35 bits per heavy atom. The molecule has 0 heterocycles. The maximum Gasteiger partial charge on any atom is 0.237 e. The van der Waals surface area contributed by atoms with Crippen LogP contribution in [0.4, 0.5) is 0 Å². The van der Waals surface area contributed by atoms with E-state index in [-0.39, 0.29) is 17.9 Å². The highest BCUT2D eigenvalue weighted by Crippen LogP contribution is 2.13. The Morgan fingerprint density at radius 2 is 1.95 bits per heavy atom. The molecule has 3 N–H and O–H groups in total. The Hall–Kier alpha value is -2.06. The molecule has 1 aromatic rings. The van der Waals surface area contributed by atoms with Crippen molar-refractivity contribution < 1.29 is 9.53 Å². The highest BCUT2D eigenvalue weighted by Gasteiger charge is 2.17. The molecule has 0 aliphatic heterocycles. The second kappa shape index (κ2) is 7.51. The summed E-state index contributed by atoms with van der Waals surface area (Å²) in [4.78, 5) is 11.7. The molecule has 1 amide bonds. The van der Waals surface area contributed by atoms with Crippen molar-refractivity contribution in [1.82, 2.24) is 5.32 Å². The van der Waals surface area contributed by atoms with Crippen LogP contribution in [-0.2, 0) is 4.79 Å². The van der Waals surface area contributed by atoms with Gasteiger partial charge in [0.05, 0.1) is 24.2 Å². The Morgan fingerprint density at radius 3 is 2.45 bits per heavy atom. The first-order valence-electron chi connectivity index (χ1n) is 6.64. The Kier molecular flexibility index (Phi) is 6.01. The van der Waals surface area contributed by atoms with Crippen LogP contribution in [0.15, 0.2) is 24.3 Å². The summed E-state index contributed by atoms with van der Waals surface area (Å²) in [5.41, 5.74) is 6.33. The van der Waals surface area contributed by atoms with E-state index in [0.717, 1.165) is 0 Å². The summed E-state index contributed by atoms with van der Waals surface area (Å²) >= 11 is 0. The fraction of sp³-hybridized carbons (Fsp3) is 0.467. The molecular formula is C15H21N3O2. The lowest BCUT2D eigenvalue weighted by molar-refractivity contribution is -0.123. The number of nitrogens with zero attached hydrogens (tertiary/aromatic N) is 1. The fourth-order valence-electron chi connectivity index (χ4n) is 1.55. The van der Waals surface area contributed by atoms with Crippen LogP contribution in [0, 0.1) is 17.2 Å². The van der Waals surface area contributed by atoms with Crippen LogP contribution in [0.25, 0.3) is 0 Å². The van der Waals surface area contributed by atoms with E-state index in [2.05, 4.69) is 5.32 Å². The van der Waals surface area contributed by atoms with Gasteiger partial charge in [-0.2, -0.15) is 5.26 Å². The van der Waals surface area contributed by atoms with Gasteiger partial charge < -0.3 is 15.8 Å². The predicted molar refractivity (Wildman–Crippen MR) is 77.1 cm³/mol. The lowest BCUT2D eigenvalue weighted by atomic mass is 10.1. The van der Waals surface area contributed by atoms with Gasteiger partial charge in [0, 0.05) is 0 Å². The third-order valence-corrected chi connectivity index (χ3v) is 2.91. The third-order valence-electron chi connectivity index (χ3n) is 2.91. The summed E-state index contributed by atoms with van der Waals surface area (Å²) in [6.45, 7) is 6.06. The van der Waals surface area contributed by atoms with Crippen LogP contribution in [0.5, 0.6) is 5.75 Å². The number of carbonyl (C=O) groups is 1. The van der Waals surface area contributed by atoms with Crippen LogP contribution in [-0.4, -0.2) is 24.6 Å². The van der Waals surface area contributed by atoms with Gasteiger partial charge in [0.2, 0.25) is 5.91 Å². The molecule has 0 aliphatic rings. The molecule has 5 nitrogen and oxygen atoms in total. The summed E-state index contributed by atoms with van der Waals surface area (Å²) < 4.78 is 5.64. The number of hydrogen-bond acceptors (Lipinski definition) is 4. The van der Waals surface area contributed by atoms with E-state index in [1.54, 1.807) is 24.3 Å². The number of nitriles is 1. The molecule has 2 atom stereocenters. The van der Waals surface area contributed by atoms with Gasteiger partial charge >= 0.3 is 0 Å². The lowest BCUT2D eigenvalue weighted by Crippen LogP contribution is -2.46. The zero-order valence-corrected chi connectivity index (χ0v) is 12.1. The maximum atomic E-state index is 11.7. The number of nitrogens with one attached hydrogen (secondary N) is 1. The molecule has 0 fully saturated rings. The largest absolute Gasteiger partial charge is 0.489 e. The van der Waals surface area contributed by atoms with Crippen molar-refractivity contribution in [2.75, 3.05) is 6.54 Å². The van der Waals surface area contributed by atoms with Crippen molar-refractivity contribution in [3.8, 4) is 11.8 Å². The maximum absolute atomic E-state index is 11.7. The summed E-state index contributed by atoms with van der Waals surface area (Å²) in [5, 5.41) is 11.5. The standard InChI is InChI=1S/C15H21N3O2/c1-10(2)14(17)15(19)18-9-11(3)20-13-6-4-12(8-16)5-7-13/h4-7,10-11,14H,9,17H2,1-3H3,(H,18,19)/t11?,14-/m0/s1. The molecule has 0 bridgehead atoms. The quantitative estimate of drug-likeness (QED) is 0.822. The van der Waals surface area contributed by atoms with Crippen molar-refractivity contribution in [2.24, 2.45) is 11.7 Å². The number of ether oxygens (including phenoxy) is 1. The monoisotopic (exact) mass is 275 g/mol. The first-order chi connectivity index (χ1) is 9.43. The van der Waals surface area contributed by atoms with Gasteiger partial charge in [-0.1, -0.05) is 13.8 Å². The number of hydrogen-bond donors (Lipinski definition) is 2. The summed E-state index contributed by atoms with van der Waals surface area (Å²) in [6, 6.07) is 8.39. The molecule has 0 radical (unpaired) electrons. The number of amides is 1. The second-order valence-electron chi connectivity index (χ2n) is 5.08. The van der Waals surface area contributed by atoms with E-state index in [1.807, 2.05) is 26.8 Å². The van der Waals surface area contributed by atoms with E-state index in [1.165, 1.54) is 0 Å². The van der Waals surface area contributed by atoms with Gasteiger partial charge in [0.15, 0.2) is 0 Å². The molecule has 5 heteroatoms. The number of carbonyl (C=O) groups excluding carboxylic acids is 1. The van der Waals surface area contributed by atoms with Crippen molar-refractivity contribution >= 4 is 5.91 Å². The van der Waals surface area contributed by atoms with E-state index >= 15 is 0 Å². The fourth-order valence-corrected chi connectivity index (χ4v) is 1.55. The second-order valence-corrected chi connectivity index (χ2v) is 5.08. The highest BCUT2D eigenvalue weighted by molar-refractivity contribution is 5.81. The van der Waals surface area contributed by atoms with Crippen LogP contribution in [0.3, 0.4) is 0 Å². The van der Waals surface area contributed by atoms with Crippen LogP contribution in [0.2, 0.25) is 0 Å². The summed E-state index contributed by atoms with van der Waals surface area (Å²) in [7, 11) is 0. The topological polar surface area (TPSA) is 88.1 Å². The SMILES string of the molecule is CC(CNC(=O)[C@@H](N)C(C)C)Oc1ccc(C#N)cc1. The van der Waals surface area contributed by atoms with Gasteiger partial charge in [-0.3, -0.25) is 4.79 Å². The molecule has 0 spiro atoms. The van der Waals surface area contributed by atoms with Crippen LogP contribution in [0.1, 0.15) is 26.3 Å². The van der Waals surface area contributed by atoms with E-state index < -0.39 is 6.04 Å². The average Bonchev–Trinajstić information content (AvgIpc) is 2.44. The van der Waals surface area contributed by atoms with Gasteiger partial charge in [-0.15, -0.1) is 0 Å². The minimum absolute atomic E-state index is 0.102. The van der Waals surface area contributed by atoms with Crippen LogP contribution < -0.4 is 15.8 Å². The molecule has 20 heavy (non-hydrogen) atoms. The molecular weight excluding hydrogens is 254 g/mol. The van der Waals surface area contributed by atoms with Crippen molar-refractivity contribution in [1.29, 1.82) is 5.26 Å². The lowest BCUT2D eigenvalue weighted by Gasteiger charge is -2.19. The number of benzene rings is 1. The van der Waals surface area contributed by atoms with Crippen molar-refractivity contribution in [3.63, 3.8) is 0 Å². The molecule has 1 rings (SSSR count). The smallest absolute Gasteiger partial charge is 0.237 e. The molecule has 0 saturated heterocycles. The molecule has 108 valence electrons. The first-order valence-corrected chi connectivity index (χ1v) is 6.64. The number of rotatable bonds is 6. The average molecular weight is 275 g/mol. The predicted octanol–water partition coefficient (Wildman–Crippen LogP) is 1.43. The minimum atomic E-state index is -0.503. The Bertz CT molecular complexity index is 477. The van der Waals surface area contributed by atoms with Crippen molar-refractivity contribution in [3.05, 3.63) is 29.8 Å². The highest BCUT2D eigenvalue weighted by atomic mass is 16.5. The molecule has 1 unspecified atom stereocenters. The number of nitrogens with two attached hydrogens (primary N) is 1. The van der Waals surface area contributed by atoms with Crippen molar-refractivity contribution in [2.45, 2.75) is 32.9 Å². The third kappa shape index (κ3) is 4.90. The normalized spacial score (nSPS) is 13.4. The zero-order chi connectivity index (χ0) is 15.1. The molecule has 0 saturated carbocycles. The first kappa shape index (κ1) is 16.0. The molecule has 0 aliphatic carbocycles. The molecule has 1 aromatic carbocycles. The van der Waals surface area contributed by atoms with E-state index in [9.17, 15) is 4.79 Å². The molecule has 0 aromatic heterocycles. The van der Waals surface area contributed by atoms with E-state index in [0.29, 0.717) is 17.9 Å².